The second-order valence-electron chi connectivity index (χ2n) is 11.5. The molecule has 0 aliphatic carbocycles. The van der Waals surface area contributed by atoms with E-state index in [0.717, 1.165) is 9.80 Å². The minimum Gasteiger partial charge on any atom is -0.467 e. The monoisotopic (exact) mass is 530 g/mol. The lowest BCUT2D eigenvalue weighted by molar-refractivity contribution is -0.153. The summed E-state index contributed by atoms with van der Waals surface area (Å²) in [6.07, 6.45) is -0.895. The third kappa shape index (κ3) is 8.05. The molecule has 2 saturated heterocycles. The molecule has 12 heteroatoms. The van der Waals surface area contributed by atoms with Crippen LogP contribution in [0.15, 0.2) is 0 Å². The van der Waals surface area contributed by atoms with E-state index in [-0.39, 0.29) is 18.3 Å². The van der Waals surface area contributed by atoms with Crippen molar-refractivity contribution in [2.45, 2.75) is 104 Å². The van der Waals surface area contributed by atoms with Gasteiger partial charge < -0.3 is 24.1 Å². The number of ether oxygens (including phenoxy) is 4. The van der Waals surface area contributed by atoms with Gasteiger partial charge in [0.2, 0.25) is 5.91 Å². The van der Waals surface area contributed by atoms with Crippen molar-refractivity contribution in [3.8, 4) is 0 Å². The van der Waals surface area contributed by atoms with Crippen LogP contribution in [0.4, 0.5) is 9.59 Å². The maximum absolute atomic E-state index is 12.2. The number of hydrogen-bond acceptors (Lipinski definition) is 10. The lowest BCUT2D eigenvalue weighted by atomic mass is 10.00. The van der Waals surface area contributed by atoms with Gasteiger partial charge in [0.25, 0.3) is 0 Å². The maximum Gasteiger partial charge on any atom is 0.417 e. The molecule has 0 aromatic heterocycles. The molecule has 0 aromatic carbocycles. The van der Waals surface area contributed by atoms with Crippen LogP contribution in [0, 0.1) is 11.8 Å². The van der Waals surface area contributed by atoms with Crippen molar-refractivity contribution in [2.24, 2.45) is 11.8 Å². The number of carbonyl (C=O) groups is 5. The van der Waals surface area contributed by atoms with Crippen molar-refractivity contribution in [1.82, 2.24) is 9.80 Å². The number of aliphatic hydroxyl groups is 1. The van der Waals surface area contributed by atoms with E-state index in [4.69, 9.17) is 9.47 Å². The molecule has 0 radical (unpaired) electrons. The normalized spacial score (nSPS) is 27.7. The van der Waals surface area contributed by atoms with Gasteiger partial charge in [-0.3, -0.25) is 9.69 Å². The molecule has 5 atom stereocenters. The standard InChI is InChI=1S/C13H23NO5.C12H19NO5/c1-8-7-9(10(15)18-6)14(13(8,5)17)11(16)19-12(2,3)4;1-7-6-8(10(15)17-5)13(9(7)14)11(16)18-12(2,3)4/h8-9,17H,7H2,1-6H3;7-8H,6H2,1-5H3/t8-,9-,13?;7-,8-/m00/s1. The molecule has 2 rings (SSSR count). The van der Waals surface area contributed by atoms with Gasteiger partial charge >= 0.3 is 24.1 Å². The van der Waals surface area contributed by atoms with Crippen LogP contribution >= 0.6 is 0 Å². The van der Waals surface area contributed by atoms with E-state index in [1.807, 2.05) is 0 Å². The molecule has 0 bridgehead atoms. The first-order valence-corrected chi connectivity index (χ1v) is 12.1. The minimum absolute atomic E-state index is 0.246. The Morgan fingerprint density at radius 2 is 1.27 bits per heavy atom. The Balaban J connectivity index is 0.000000371. The first-order valence-electron chi connectivity index (χ1n) is 12.1. The van der Waals surface area contributed by atoms with Gasteiger partial charge in [-0.05, 0) is 61.3 Å². The zero-order valence-electron chi connectivity index (χ0n) is 23.7. The molecular formula is C25H42N2O10. The van der Waals surface area contributed by atoms with Gasteiger partial charge in [0.05, 0.1) is 14.2 Å². The van der Waals surface area contributed by atoms with Gasteiger partial charge in [-0.25, -0.2) is 24.1 Å². The topological polar surface area (TPSA) is 149 Å². The number of carbonyl (C=O) groups excluding carboxylic acids is 5. The summed E-state index contributed by atoms with van der Waals surface area (Å²) in [4.78, 5) is 61.2. The molecule has 0 saturated carbocycles. The van der Waals surface area contributed by atoms with Gasteiger partial charge in [-0.1, -0.05) is 13.8 Å². The van der Waals surface area contributed by atoms with Crippen molar-refractivity contribution in [1.29, 1.82) is 0 Å². The van der Waals surface area contributed by atoms with E-state index in [0.29, 0.717) is 6.42 Å². The first-order chi connectivity index (χ1) is 16.7. The van der Waals surface area contributed by atoms with E-state index in [1.165, 1.54) is 21.1 Å². The van der Waals surface area contributed by atoms with Gasteiger partial charge in [0, 0.05) is 11.8 Å². The molecule has 2 fully saturated rings. The van der Waals surface area contributed by atoms with Crippen molar-refractivity contribution in [3.63, 3.8) is 0 Å². The highest BCUT2D eigenvalue weighted by molar-refractivity contribution is 6.00. The molecule has 0 spiro atoms. The Morgan fingerprint density at radius 3 is 1.70 bits per heavy atom. The molecule has 3 amide bonds. The van der Waals surface area contributed by atoms with Crippen LogP contribution in [-0.4, -0.2) is 88.2 Å². The van der Waals surface area contributed by atoms with Crippen LogP contribution in [0.3, 0.4) is 0 Å². The summed E-state index contributed by atoms with van der Waals surface area (Å²) in [5.74, 6) is -2.18. The van der Waals surface area contributed by atoms with Crippen LogP contribution in [0.1, 0.15) is 75.2 Å². The molecule has 2 heterocycles. The quantitative estimate of drug-likeness (QED) is 0.417. The smallest absolute Gasteiger partial charge is 0.417 e. The maximum atomic E-state index is 12.2. The number of amides is 3. The number of hydrogen-bond donors (Lipinski definition) is 1. The molecule has 12 nitrogen and oxygen atoms in total. The van der Waals surface area contributed by atoms with Gasteiger partial charge in [0.15, 0.2) is 0 Å². The van der Waals surface area contributed by atoms with E-state index >= 15 is 0 Å². The number of esters is 2. The zero-order chi connectivity index (χ0) is 29.1. The van der Waals surface area contributed by atoms with Crippen LogP contribution in [-0.2, 0) is 33.3 Å². The Morgan fingerprint density at radius 1 is 0.838 bits per heavy atom. The third-order valence-corrected chi connectivity index (χ3v) is 5.98. The lowest BCUT2D eigenvalue weighted by Gasteiger charge is -2.36. The predicted molar refractivity (Wildman–Crippen MR) is 131 cm³/mol. The van der Waals surface area contributed by atoms with E-state index < -0.39 is 59.0 Å². The summed E-state index contributed by atoms with van der Waals surface area (Å²) in [6.45, 7) is 15.2. The summed E-state index contributed by atoms with van der Waals surface area (Å²) in [7, 11) is 2.48. The second kappa shape index (κ2) is 11.7. The summed E-state index contributed by atoms with van der Waals surface area (Å²) in [5, 5.41) is 10.4. The molecule has 37 heavy (non-hydrogen) atoms. The average Bonchev–Trinajstić information content (AvgIpc) is 3.17. The molecular weight excluding hydrogens is 488 g/mol. The van der Waals surface area contributed by atoms with E-state index in [9.17, 15) is 29.1 Å². The Kier molecular flexibility index (Phi) is 10.1. The summed E-state index contributed by atoms with van der Waals surface area (Å²) < 4.78 is 19.7. The van der Waals surface area contributed by atoms with Crippen LogP contribution in [0.2, 0.25) is 0 Å². The van der Waals surface area contributed by atoms with Crippen molar-refractivity contribution in [2.75, 3.05) is 14.2 Å². The molecule has 212 valence electrons. The van der Waals surface area contributed by atoms with Gasteiger partial charge in [0.1, 0.15) is 29.0 Å². The van der Waals surface area contributed by atoms with Gasteiger partial charge in [-0.2, -0.15) is 0 Å². The highest BCUT2D eigenvalue weighted by Gasteiger charge is 2.54. The number of imide groups is 1. The van der Waals surface area contributed by atoms with Crippen LogP contribution in [0.5, 0.6) is 0 Å². The zero-order valence-corrected chi connectivity index (χ0v) is 23.7. The first kappa shape index (κ1) is 32.1. The Bertz CT molecular complexity index is 887. The average molecular weight is 531 g/mol. The molecule has 1 unspecified atom stereocenters. The van der Waals surface area contributed by atoms with Crippen molar-refractivity contribution < 1.29 is 48.0 Å². The van der Waals surface area contributed by atoms with Gasteiger partial charge in [-0.15, -0.1) is 0 Å². The number of rotatable bonds is 2. The SMILES string of the molecule is COC(=O)[C@@H]1C[C@H](C)C(=O)N1C(=O)OC(C)(C)C.COC(=O)[C@@H]1C[C@H](C)C(C)(O)N1C(=O)OC(C)(C)C. The van der Waals surface area contributed by atoms with E-state index in [1.54, 1.807) is 55.4 Å². The number of methoxy groups -OCH3 is 2. The highest BCUT2D eigenvalue weighted by Crippen LogP contribution is 2.38. The fourth-order valence-corrected chi connectivity index (χ4v) is 3.98. The second-order valence-corrected chi connectivity index (χ2v) is 11.5. The Hall–Kier alpha value is -2.89. The fourth-order valence-electron chi connectivity index (χ4n) is 3.98. The van der Waals surface area contributed by atoms with Crippen LogP contribution < -0.4 is 0 Å². The summed E-state index contributed by atoms with van der Waals surface area (Å²) >= 11 is 0. The molecule has 2 aliphatic rings. The van der Waals surface area contributed by atoms with Crippen LogP contribution in [0.25, 0.3) is 0 Å². The lowest BCUT2D eigenvalue weighted by Crippen LogP contribution is -2.54. The minimum atomic E-state index is -1.43. The molecule has 0 aromatic rings. The van der Waals surface area contributed by atoms with E-state index in [2.05, 4.69) is 9.47 Å². The summed E-state index contributed by atoms with van der Waals surface area (Å²) in [5.41, 5.74) is -2.84. The predicted octanol–water partition coefficient (Wildman–Crippen LogP) is 2.84. The van der Waals surface area contributed by atoms with Crippen molar-refractivity contribution in [3.05, 3.63) is 0 Å². The van der Waals surface area contributed by atoms with Crippen molar-refractivity contribution >= 4 is 30.0 Å². The Labute approximate surface area is 218 Å². The largest absolute Gasteiger partial charge is 0.467 e. The number of nitrogens with zero attached hydrogens (tertiary/aromatic N) is 2. The molecule has 2 aliphatic heterocycles. The number of likely N-dealkylation sites (tertiary alicyclic amines) is 2. The fraction of sp³-hybridized carbons (Fsp3) is 0.800. The summed E-state index contributed by atoms with van der Waals surface area (Å²) in [6, 6.07) is -1.70. The molecule has 1 N–H and O–H groups in total. The highest BCUT2D eigenvalue weighted by atomic mass is 16.6. The third-order valence-electron chi connectivity index (χ3n) is 5.98.